The minimum absolute atomic E-state index is 0.152. The van der Waals surface area contributed by atoms with Gasteiger partial charge in [-0.1, -0.05) is 37.3 Å². The molecule has 0 bridgehead atoms. The number of hydrogen-bond donors (Lipinski definition) is 1. The van der Waals surface area contributed by atoms with Crippen molar-refractivity contribution in [2.45, 2.75) is 39.2 Å². The summed E-state index contributed by atoms with van der Waals surface area (Å²) in [5.74, 6) is 1.88. The second-order valence-electron chi connectivity index (χ2n) is 6.42. The zero-order valence-electron chi connectivity index (χ0n) is 14.8. The van der Waals surface area contributed by atoms with Gasteiger partial charge < -0.3 is 15.0 Å². The van der Waals surface area contributed by atoms with Crippen LogP contribution in [0.1, 0.15) is 44.8 Å². The molecule has 0 radical (unpaired) electrons. The molecule has 23 heavy (non-hydrogen) atoms. The fraction of sp³-hybridized carbons (Fsp3) is 0.632. The average Bonchev–Trinajstić information content (AvgIpc) is 2.60. The van der Waals surface area contributed by atoms with Gasteiger partial charge >= 0.3 is 0 Å². The number of benzene rings is 1. The molecule has 1 atom stereocenters. The van der Waals surface area contributed by atoms with E-state index in [2.05, 4.69) is 53.3 Å². The summed E-state index contributed by atoms with van der Waals surface area (Å²) in [5, 5.41) is 3.46. The van der Waals surface area contributed by atoms with Gasteiger partial charge in [-0.2, -0.15) is 0 Å². The molecule has 1 heterocycles. The summed E-state index contributed by atoms with van der Waals surface area (Å²) in [4.78, 5) is 6.78. The summed E-state index contributed by atoms with van der Waals surface area (Å²) in [5.41, 5.74) is 1.23. The molecule has 0 aliphatic carbocycles. The van der Waals surface area contributed by atoms with Gasteiger partial charge in [0.15, 0.2) is 5.96 Å². The van der Waals surface area contributed by atoms with Crippen LogP contribution in [0.3, 0.4) is 0 Å². The van der Waals surface area contributed by atoms with Crippen LogP contribution >= 0.6 is 0 Å². The minimum atomic E-state index is 0.152. The number of aliphatic imine (C=N–C) groups is 1. The number of piperidine rings is 1. The first-order valence-corrected chi connectivity index (χ1v) is 8.83. The molecule has 0 amide bonds. The lowest BCUT2D eigenvalue weighted by Gasteiger charge is -2.32. The minimum Gasteiger partial charge on any atom is -0.374 e. The molecule has 0 spiro atoms. The highest BCUT2D eigenvalue weighted by Gasteiger charge is 2.18. The fourth-order valence-corrected chi connectivity index (χ4v) is 2.91. The predicted octanol–water partition coefficient (Wildman–Crippen LogP) is 3.46. The number of nitrogens with one attached hydrogen (secondary N) is 1. The number of ether oxygens (including phenoxy) is 1. The van der Waals surface area contributed by atoms with E-state index >= 15 is 0 Å². The summed E-state index contributed by atoms with van der Waals surface area (Å²) < 4.78 is 5.91. The Balaban J connectivity index is 1.62. The Hall–Kier alpha value is -1.55. The first-order valence-electron chi connectivity index (χ1n) is 8.83. The molecule has 1 N–H and O–H groups in total. The van der Waals surface area contributed by atoms with Crippen LogP contribution in [0.5, 0.6) is 0 Å². The third-order valence-electron chi connectivity index (χ3n) is 4.54. The van der Waals surface area contributed by atoms with E-state index < -0.39 is 0 Å². The van der Waals surface area contributed by atoms with Crippen molar-refractivity contribution in [2.24, 2.45) is 10.9 Å². The molecular formula is C19H31N3O. The average molecular weight is 317 g/mol. The van der Waals surface area contributed by atoms with Crippen LogP contribution in [0, 0.1) is 5.92 Å². The smallest absolute Gasteiger partial charge is 0.193 e. The molecule has 128 valence electrons. The molecule has 1 aliphatic rings. The second-order valence-corrected chi connectivity index (χ2v) is 6.42. The highest BCUT2D eigenvalue weighted by Crippen LogP contribution is 2.16. The molecule has 4 nitrogen and oxygen atoms in total. The van der Waals surface area contributed by atoms with Crippen molar-refractivity contribution in [3.05, 3.63) is 35.9 Å². The maximum atomic E-state index is 5.91. The van der Waals surface area contributed by atoms with Crippen molar-refractivity contribution in [3.8, 4) is 0 Å². The topological polar surface area (TPSA) is 36.9 Å². The number of likely N-dealkylation sites (tertiary alicyclic amines) is 1. The summed E-state index contributed by atoms with van der Waals surface area (Å²) in [7, 11) is 1.87. The second kappa shape index (κ2) is 9.56. The third kappa shape index (κ3) is 5.87. The lowest BCUT2D eigenvalue weighted by Crippen LogP contribution is -2.45. The maximum Gasteiger partial charge on any atom is 0.193 e. The van der Waals surface area contributed by atoms with Crippen molar-refractivity contribution in [1.29, 1.82) is 0 Å². The number of nitrogens with zero attached hydrogens (tertiary/aromatic N) is 2. The molecule has 1 aliphatic heterocycles. The summed E-state index contributed by atoms with van der Waals surface area (Å²) >= 11 is 0. The van der Waals surface area contributed by atoms with Crippen molar-refractivity contribution in [2.75, 3.05) is 33.3 Å². The third-order valence-corrected chi connectivity index (χ3v) is 4.54. The van der Waals surface area contributed by atoms with E-state index in [4.69, 9.17) is 4.74 Å². The summed E-state index contributed by atoms with van der Waals surface area (Å²) in [6, 6.07) is 10.4. The van der Waals surface area contributed by atoms with Gasteiger partial charge in [-0.3, -0.25) is 4.99 Å². The quantitative estimate of drug-likeness (QED) is 0.496. The molecule has 0 aromatic heterocycles. The highest BCUT2D eigenvalue weighted by atomic mass is 16.5. The molecular weight excluding hydrogens is 286 g/mol. The van der Waals surface area contributed by atoms with Crippen molar-refractivity contribution >= 4 is 5.96 Å². The van der Waals surface area contributed by atoms with E-state index in [9.17, 15) is 0 Å². The molecule has 4 heteroatoms. The van der Waals surface area contributed by atoms with E-state index in [1.165, 1.54) is 18.4 Å². The van der Waals surface area contributed by atoms with Crippen molar-refractivity contribution in [3.63, 3.8) is 0 Å². The standard InChI is InChI=1S/C19H31N3O/c1-16-10-13-22(14-11-16)19(20-3)21-12-7-15-23-17(2)18-8-5-4-6-9-18/h4-6,8-9,16-17H,7,10-15H2,1-3H3,(H,20,21). The Labute approximate surface area is 140 Å². The van der Waals surface area contributed by atoms with Crippen LogP contribution in [0.4, 0.5) is 0 Å². The van der Waals surface area contributed by atoms with Crippen molar-refractivity contribution < 1.29 is 4.74 Å². The van der Waals surface area contributed by atoms with Crippen molar-refractivity contribution in [1.82, 2.24) is 10.2 Å². The van der Waals surface area contributed by atoms with Gasteiger partial charge in [0.1, 0.15) is 0 Å². The van der Waals surface area contributed by atoms with Gasteiger partial charge in [0.2, 0.25) is 0 Å². The van der Waals surface area contributed by atoms with Crippen LogP contribution in [-0.2, 0) is 4.74 Å². The zero-order chi connectivity index (χ0) is 16.5. The Bertz CT molecular complexity index is 467. The Morgan fingerprint density at radius 3 is 2.65 bits per heavy atom. The Kier molecular flexibility index (Phi) is 7.40. The van der Waals surface area contributed by atoms with Gasteiger partial charge in [0, 0.05) is 33.3 Å². The number of guanidine groups is 1. The van der Waals surface area contributed by atoms with Crippen LogP contribution in [0.25, 0.3) is 0 Å². The normalized spacial score (nSPS) is 18.0. The van der Waals surface area contributed by atoms with E-state index in [1.54, 1.807) is 0 Å². The molecule has 1 fully saturated rings. The zero-order valence-corrected chi connectivity index (χ0v) is 14.8. The molecule has 2 rings (SSSR count). The first kappa shape index (κ1) is 17.8. The monoisotopic (exact) mass is 317 g/mol. The predicted molar refractivity (Wildman–Crippen MR) is 96.8 cm³/mol. The van der Waals surface area contributed by atoms with Gasteiger partial charge in [-0.25, -0.2) is 0 Å². The molecule has 1 unspecified atom stereocenters. The number of rotatable bonds is 6. The van der Waals surface area contributed by atoms with Gasteiger partial charge in [-0.05, 0) is 37.7 Å². The maximum absolute atomic E-state index is 5.91. The SMILES string of the molecule is CN=C(NCCCOC(C)c1ccccc1)N1CCC(C)CC1. The fourth-order valence-electron chi connectivity index (χ4n) is 2.91. The lowest BCUT2D eigenvalue weighted by atomic mass is 10.00. The molecule has 1 aromatic carbocycles. The van der Waals surface area contributed by atoms with E-state index in [1.807, 2.05) is 13.1 Å². The largest absolute Gasteiger partial charge is 0.374 e. The van der Waals surface area contributed by atoms with E-state index in [0.717, 1.165) is 44.5 Å². The molecule has 1 aromatic rings. The number of hydrogen-bond acceptors (Lipinski definition) is 2. The van der Waals surface area contributed by atoms with Gasteiger partial charge in [0.25, 0.3) is 0 Å². The van der Waals surface area contributed by atoms with Crippen LogP contribution in [0.15, 0.2) is 35.3 Å². The Morgan fingerprint density at radius 2 is 2.00 bits per heavy atom. The van der Waals surface area contributed by atoms with E-state index in [0.29, 0.717) is 0 Å². The summed E-state index contributed by atoms with van der Waals surface area (Å²) in [6.07, 6.45) is 3.66. The van der Waals surface area contributed by atoms with Gasteiger partial charge in [-0.15, -0.1) is 0 Å². The highest BCUT2D eigenvalue weighted by molar-refractivity contribution is 5.79. The molecule has 0 saturated carbocycles. The van der Waals surface area contributed by atoms with E-state index in [-0.39, 0.29) is 6.10 Å². The van der Waals surface area contributed by atoms with Crippen LogP contribution in [-0.4, -0.2) is 44.1 Å². The van der Waals surface area contributed by atoms with Crippen LogP contribution in [0.2, 0.25) is 0 Å². The van der Waals surface area contributed by atoms with Gasteiger partial charge in [0.05, 0.1) is 6.10 Å². The molecule has 1 saturated heterocycles. The lowest BCUT2D eigenvalue weighted by molar-refractivity contribution is 0.0645. The first-order chi connectivity index (χ1) is 11.2. The Morgan fingerprint density at radius 1 is 1.30 bits per heavy atom. The van der Waals surface area contributed by atoms with Crippen LogP contribution < -0.4 is 5.32 Å². The summed E-state index contributed by atoms with van der Waals surface area (Å²) in [6.45, 7) is 8.33.